The summed E-state index contributed by atoms with van der Waals surface area (Å²) in [6, 6.07) is 7.61. The van der Waals surface area contributed by atoms with Gasteiger partial charge >= 0.3 is 0 Å². The van der Waals surface area contributed by atoms with Crippen molar-refractivity contribution in [1.29, 1.82) is 0 Å². The van der Waals surface area contributed by atoms with Gasteiger partial charge in [0.05, 0.1) is 6.10 Å². The Kier molecular flexibility index (Phi) is 2.99. The van der Waals surface area contributed by atoms with E-state index in [9.17, 15) is 10.2 Å². The lowest BCUT2D eigenvalue weighted by atomic mass is 10.1. The van der Waals surface area contributed by atoms with Crippen molar-refractivity contribution < 1.29 is 14.6 Å². The van der Waals surface area contributed by atoms with E-state index in [2.05, 4.69) is 0 Å². The summed E-state index contributed by atoms with van der Waals surface area (Å²) in [7, 11) is 0. The number of aliphatic hydroxyl groups is 2. The third-order valence-corrected chi connectivity index (χ3v) is 2.77. The molecule has 0 aliphatic heterocycles. The van der Waals surface area contributed by atoms with Gasteiger partial charge in [0.2, 0.25) is 0 Å². The zero-order valence-electron chi connectivity index (χ0n) is 9.47. The predicted octanol–water partition coefficient (Wildman–Crippen LogP) is 2.55. The maximum atomic E-state index is 9.82. The number of hydrogen-bond acceptors (Lipinski definition) is 3. The Morgan fingerprint density at radius 1 is 1.25 bits per heavy atom. The highest BCUT2D eigenvalue weighted by Crippen LogP contribution is 2.27. The van der Waals surface area contributed by atoms with Gasteiger partial charge in [0.15, 0.2) is 0 Å². The molecule has 2 N–H and O–H groups in total. The van der Waals surface area contributed by atoms with Crippen LogP contribution in [0.15, 0.2) is 28.7 Å². The normalized spacial score (nSPS) is 15.2. The summed E-state index contributed by atoms with van der Waals surface area (Å²) >= 11 is 0. The lowest BCUT2D eigenvalue weighted by Gasteiger charge is -2.12. The number of benzene rings is 1. The van der Waals surface area contributed by atoms with Crippen molar-refractivity contribution in [2.75, 3.05) is 0 Å². The second-order valence-electron chi connectivity index (χ2n) is 4.11. The molecule has 0 saturated carbocycles. The summed E-state index contributed by atoms with van der Waals surface area (Å²) in [4.78, 5) is 0. The van der Waals surface area contributed by atoms with E-state index in [1.54, 1.807) is 6.07 Å². The van der Waals surface area contributed by atoms with Crippen molar-refractivity contribution in [3.05, 3.63) is 35.6 Å². The molecule has 0 spiro atoms. The molecule has 3 nitrogen and oxygen atoms in total. The van der Waals surface area contributed by atoms with Crippen LogP contribution in [0.2, 0.25) is 0 Å². The van der Waals surface area contributed by atoms with Crippen LogP contribution in [-0.2, 0) is 0 Å². The van der Waals surface area contributed by atoms with Crippen LogP contribution in [0.1, 0.15) is 30.8 Å². The van der Waals surface area contributed by atoms with Crippen LogP contribution in [0.5, 0.6) is 0 Å². The fourth-order valence-corrected chi connectivity index (χ4v) is 1.74. The lowest BCUT2D eigenvalue weighted by molar-refractivity contribution is 0.00464. The number of fused-ring (bicyclic) bond motifs is 1. The first-order valence-electron chi connectivity index (χ1n) is 5.48. The van der Waals surface area contributed by atoms with E-state index in [-0.39, 0.29) is 0 Å². The first-order chi connectivity index (χ1) is 7.61. The van der Waals surface area contributed by atoms with Crippen molar-refractivity contribution in [2.24, 2.45) is 0 Å². The van der Waals surface area contributed by atoms with Crippen LogP contribution in [0.3, 0.4) is 0 Å². The van der Waals surface area contributed by atoms with Crippen molar-refractivity contribution in [2.45, 2.75) is 32.5 Å². The second-order valence-corrected chi connectivity index (χ2v) is 4.11. The maximum absolute atomic E-state index is 9.82. The Balaban J connectivity index is 2.39. The molecule has 0 aliphatic carbocycles. The number of aliphatic hydroxyl groups excluding tert-OH is 2. The summed E-state index contributed by atoms with van der Waals surface area (Å²) in [6.45, 7) is 3.82. The van der Waals surface area contributed by atoms with Crippen LogP contribution in [-0.4, -0.2) is 16.3 Å². The van der Waals surface area contributed by atoms with Crippen LogP contribution in [0, 0.1) is 6.92 Å². The second kappa shape index (κ2) is 4.28. The van der Waals surface area contributed by atoms with Gasteiger partial charge in [-0.05, 0) is 31.5 Å². The molecular formula is C13H16O3. The summed E-state index contributed by atoms with van der Waals surface area (Å²) < 4.78 is 5.50. The Bertz CT molecular complexity index is 487. The molecule has 1 aromatic carbocycles. The standard InChI is InChI=1S/C13H16O3/c1-3-10(14)13(15)12-7-9-6-8(2)4-5-11(9)16-12/h4-7,10,13-15H,3H2,1-2H3. The van der Waals surface area contributed by atoms with Gasteiger partial charge in [-0.25, -0.2) is 0 Å². The SMILES string of the molecule is CCC(O)C(O)c1cc2cc(C)ccc2o1. The zero-order valence-corrected chi connectivity index (χ0v) is 9.47. The van der Waals surface area contributed by atoms with Crippen molar-refractivity contribution in [3.8, 4) is 0 Å². The minimum atomic E-state index is -0.947. The van der Waals surface area contributed by atoms with E-state index in [0.29, 0.717) is 12.2 Å². The molecule has 16 heavy (non-hydrogen) atoms. The Morgan fingerprint density at radius 3 is 2.69 bits per heavy atom. The Labute approximate surface area is 94.3 Å². The quantitative estimate of drug-likeness (QED) is 0.835. The predicted molar refractivity (Wildman–Crippen MR) is 62.2 cm³/mol. The van der Waals surface area contributed by atoms with Gasteiger partial charge in [-0.3, -0.25) is 0 Å². The minimum absolute atomic E-state index is 0.426. The maximum Gasteiger partial charge on any atom is 0.137 e. The first-order valence-corrected chi connectivity index (χ1v) is 5.48. The zero-order chi connectivity index (χ0) is 11.7. The molecule has 0 aliphatic rings. The fourth-order valence-electron chi connectivity index (χ4n) is 1.74. The number of aryl methyl sites for hydroxylation is 1. The smallest absolute Gasteiger partial charge is 0.137 e. The van der Waals surface area contributed by atoms with Gasteiger partial charge < -0.3 is 14.6 Å². The molecule has 0 amide bonds. The van der Waals surface area contributed by atoms with E-state index in [1.165, 1.54) is 0 Å². The average molecular weight is 220 g/mol. The van der Waals surface area contributed by atoms with Crippen LogP contribution in [0.25, 0.3) is 11.0 Å². The third-order valence-electron chi connectivity index (χ3n) is 2.77. The minimum Gasteiger partial charge on any atom is -0.458 e. The number of furan rings is 1. The first kappa shape index (κ1) is 11.2. The Morgan fingerprint density at radius 2 is 2.00 bits per heavy atom. The van der Waals surface area contributed by atoms with Crippen molar-refractivity contribution in [3.63, 3.8) is 0 Å². The van der Waals surface area contributed by atoms with Crippen LogP contribution >= 0.6 is 0 Å². The molecular weight excluding hydrogens is 204 g/mol. The summed E-state index contributed by atoms with van der Waals surface area (Å²) in [5.41, 5.74) is 1.88. The molecule has 2 atom stereocenters. The number of rotatable bonds is 3. The molecule has 1 aromatic heterocycles. The van der Waals surface area contributed by atoms with Gasteiger partial charge in [0.25, 0.3) is 0 Å². The van der Waals surface area contributed by atoms with E-state index >= 15 is 0 Å². The van der Waals surface area contributed by atoms with Crippen molar-refractivity contribution in [1.82, 2.24) is 0 Å². The third kappa shape index (κ3) is 1.96. The fraction of sp³-hybridized carbons (Fsp3) is 0.385. The van der Waals surface area contributed by atoms with Gasteiger partial charge in [0.1, 0.15) is 17.4 Å². The topological polar surface area (TPSA) is 53.6 Å². The molecule has 2 rings (SSSR count). The van der Waals surface area contributed by atoms with Crippen LogP contribution in [0.4, 0.5) is 0 Å². The molecule has 0 radical (unpaired) electrons. The Hall–Kier alpha value is -1.32. The molecule has 0 saturated heterocycles. The molecule has 0 fully saturated rings. The highest BCUT2D eigenvalue weighted by Gasteiger charge is 2.20. The number of hydrogen-bond donors (Lipinski definition) is 2. The molecule has 1 heterocycles. The summed E-state index contributed by atoms with van der Waals surface area (Å²) in [5, 5.41) is 20.3. The highest BCUT2D eigenvalue weighted by molar-refractivity contribution is 5.78. The van der Waals surface area contributed by atoms with Gasteiger partial charge in [-0.2, -0.15) is 0 Å². The lowest BCUT2D eigenvalue weighted by Crippen LogP contribution is -2.16. The van der Waals surface area contributed by atoms with E-state index in [0.717, 1.165) is 16.5 Å². The van der Waals surface area contributed by atoms with Gasteiger partial charge in [-0.15, -0.1) is 0 Å². The average Bonchev–Trinajstić information content (AvgIpc) is 2.69. The molecule has 2 aromatic rings. The van der Waals surface area contributed by atoms with E-state index in [1.807, 2.05) is 32.0 Å². The molecule has 2 unspecified atom stereocenters. The van der Waals surface area contributed by atoms with Gasteiger partial charge in [0, 0.05) is 5.39 Å². The highest BCUT2D eigenvalue weighted by atomic mass is 16.4. The van der Waals surface area contributed by atoms with Crippen molar-refractivity contribution >= 4 is 11.0 Å². The van der Waals surface area contributed by atoms with E-state index < -0.39 is 12.2 Å². The van der Waals surface area contributed by atoms with E-state index in [4.69, 9.17) is 4.42 Å². The summed E-state index contributed by atoms with van der Waals surface area (Å²) in [6.07, 6.45) is -1.23. The molecule has 86 valence electrons. The molecule has 3 heteroatoms. The largest absolute Gasteiger partial charge is 0.458 e. The van der Waals surface area contributed by atoms with Crippen LogP contribution < -0.4 is 0 Å². The van der Waals surface area contributed by atoms with Gasteiger partial charge in [-0.1, -0.05) is 18.6 Å². The molecule has 0 bridgehead atoms. The monoisotopic (exact) mass is 220 g/mol. The summed E-state index contributed by atoms with van der Waals surface area (Å²) in [5.74, 6) is 0.426.